The summed E-state index contributed by atoms with van der Waals surface area (Å²) in [4.78, 5) is 4.32. The van der Waals surface area contributed by atoms with Gasteiger partial charge in [-0.15, -0.1) is 5.10 Å². The van der Waals surface area contributed by atoms with E-state index in [1.165, 1.54) is 0 Å². The van der Waals surface area contributed by atoms with Crippen molar-refractivity contribution in [2.45, 2.75) is 0 Å². The van der Waals surface area contributed by atoms with Gasteiger partial charge in [0.2, 0.25) is 5.82 Å². The van der Waals surface area contributed by atoms with Crippen molar-refractivity contribution < 1.29 is 4.42 Å². The highest BCUT2D eigenvalue weighted by atomic mass is 79.9. The molecule has 16 heavy (non-hydrogen) atoms. The topological polar surface area (TPSA) is 69.3 Å². The molecule has 0 saturated heterocycles. The molecular weight excluding hydrogens is 272 g/mol. The summed E-state index contributed by atoms with van der Waals surface area (Å²) in [5.74, 6) is 1.67. The van der Waals surface area contributed by atoms with E-state index in [1.807, 2.05) is 6.07 Å². The molecule has 0 aromatic carbocycles. The predicted octanol–water partition coefficient (Wildman–Crippen LogP) is 2.33. The van der Waals surface area contributed by atoms with Crippen molar-refractivity contribution in [2.75, 3.05) is 5.73 Å². The van der Waals surface area contributed by atoms with Gasteiger partial charge in [0.05, 0.1) is 6.26 Å². The van der Waals surface area contributed by atoms with Crippen molar-refractivity contribution in [3.05, 3.63) is 35.0 Å². The highest BCUT2D eigenvalue weighted by Crippen LogP contribution is 2.21. The van der Waals surface area contributed by atoms with E-state index >= 15 is 0 Å². The van der Waals surface area contributed by atoms with Gasteiger partial charge in [0, 0.05) is 4.47 Å². The number of nitrogen functional groups attached to an aromatic ring is 1. The van der Waals surface area contributed by atoms with E-state index in [4.69, 9.17) is 10.2 Å². The molecule has 6 heteroatoms. The van der Waals surface area contributed by atoms with Crippen molar-refractivity contribution in [1.82, 2.24) is 14.6 Å². The van der Waals surface area contributed by atoms with Gasteiger partial charge < -0.3 is 10.2 Å². The molecule has 0 fully saturated rings. The minimum atomic E-state index is 0.523. The van der Waals surface area contributed by atoms with Crippen LogP contribution in [0.4, 0.5) is 5.82 Å². The number of hydrogen-bond donors (Lipinski definition) is 1. The molecule has 3 aromatic rings. The lowest BCUT2D eigenvalue weighted by atomic mass is 10.4. The molecule has 0 aliphatic heterocycles. The Morgan fingerprint density at radius 2 is 2.25 bits per heavy atom. The summed E-state index contributed by atoms with van der Waals surface area (Å²) in [5.41, 5.74) is 6.50. The first-order valence-electron chi connectivity index (χ1n) is 4.60. The third-order valence-corrected chi connectivity index (χ3v) is 2.63. The maximum Gasteiger partial charge on any atom is 0.217 e. The molecule has 5 nitrogen and oxygen atoms in total. The normalized spacial score (nSPS) is 11.1. The number of rotatable bonds is 1. The minimum Gasteiger partial charge on any atom is -0.461 e. The van der Waals surface area contributed by atoms with Gasteiger partial charge in [-0.2, -0.15) is 4.52 Å². The molecule has 2 N–H and O–H groups in total. The fourth-order valence-electron chi connectivity index (χ4n) is 1.49. The van der Waals surface area contributed by atoms with Crippen LogP contribution in [0.15, 0.2) is 39.4 Å². The van der Waals surface area contributed by atoms with Crippen LogP contribution in [0, 0.1) is 0 Å². The first-order chi connectivity index (χ1) is 7.74. The zero-order valence-corrected chi connectivity index (χ0v) is 9.68. The molecule has 0 aliphatic carbocycles. The summed E-state index contributed by atoms with van der Waals surface area (Å²) in [7, 11) is 0. The number of nitrogens with zero attached hydrogens (tertiary/aromatic N) is 3. The zero-order valence-electron chi connectivity index (χ0n) is 8.09. The van der Waals surface area contributed by atoms with Crippen LogP contribution in [-0.4, -0.2) is 14.6 Å². The molecule has 0 amide bonds. The summed E-state index contributed by atoms with van der Waals surface area (Å²) in [6.07, 6.45) is 1.58. The van der Waals surface area contributed by atoms with Crippen LogP contribution in [0.25, 0.3) is 17.2 Å². The van der Waals surface area contributed by atoms with Gasteiger partial charge in [0.1, 0.15) is 5.82 Å². The fraction of sp³-hybridized carbons (Fsp3) is 0. The van der Waals surface area contributed by atoms with E-state index in [2.05, 4.69) is 26.0 Å². The number of aromatic nitrogens is 3. The van der Waals surface area contributed by atoms with Crippen LogP contribution in [0.1, 0.15) is 0 Å². The summed E-state index contributed by atoms with van der Waals surface area (Å²) in [5, 5.41) is 4.26. The highest BCUT2D eigenvalue weighted by Gasteiger charge is 2.10. The first-order valence-corrected chi connectivity index (χ1v) is 5.39. The Balaban J connectivity index is 2.27. The smallest absolute Gasteiger partial charge is 0.217 e. The van der Waals surface area contributed by atoms with E-state index in [9.17, 15) is 0 Å². The van der Waals surface area contributed by atoms with Gasteiger partial charge in [0.15, 0.2) is 11.4 Å². The van der Waals surface area contributed by atoms with E-state index in [-0.39, 0.29) is 0 Å². The molecule has 0 saturated carbocycles. The summed E-state index contributed by atoms with van der Waals surface area (Å²) >= 11 is 3.36. The maximum absolute atomic E-state index is 5.82. The van der Waals surface area contributed by atoms with Gasteiger partial charge in [-0.3, -0.25) is 0 Å². The number of furan rings is 1. The Morgan fingerprint density at radius 1 is 1.38 bits per heavy atom. The Morgan fingerprint density at radius 3 is 3.00 bits per heavy atom. The largest absolute Gasteiger partial charge is 0.461 e. The van der Waals surface area contributed by atoms with Crippen LogP contribution >= 0.6 is 15.9 Å². The van der Waals surface area contributed by atoms with Crippen molar-refractivity contribution >= 4 is 27.4 Å². The van der Waals surface area contributed by atoms with E-state index in [1.54, 1.807) is 29.0 Å². The van der Waals surface area contributed by atoms with Gasteiger partial charge in [0.25, 0.3) is 0 Å². The fourth-order valence-corrected chi connectivity index (χ4v) is 1.92. The Kier molecular flexibility index (Phi) is 1.97. The van der Waals surface area contributed by atoms with Crippen molar-refractivity contribution in [3.8, 4) is 11.6 Å². The lowest BCUT2D eigenvalue weighted by molar-refractivity contribution is 0.577. The van der Waals surface area contributed by atoms with Crippen LogP contribution in [0.3, 0.4) is 0 Å². The van der Waals surface area contributed by atoms with Crippen molar-refractivity contribution in [2.24, 2.45) is 0 Å². The summed E-state index contributed by atoms with van der Waals surface area (Å²) < 4.78 is 7.67. The van der Waals surface area contributed by atoms with Gasteiger partial charge >= 0.3 is 0 Å². The molecule has 0 unspecified atom stereocenters. The number of anilines is 1. The molecule has 0 aliphatic rings. The molecule has 0 atom stereocenters. The molecule has 3 aromatic heterocycles. The van der Waals surface area contributed by atoms with E-state index < -0.39 is 0 Å². The maximum atomic E-state index is 5.82. The lowest BCUT2D eigenvalue weighted by Crippen LogP contribution is -1.97. The third-order valence-electron chi connectivity index (χ3n) is 2.17. The monoisotopic (exact) mass is 278 g/mol. The molecular formula is C10H7BrN4O. The second kappa shape index (κ2) is 3.34. The minimum absolute atomic E-state index is 0.523. The first kappa shape index (κ1) is 9.41. The van der Waals surface area contributed by atoms with Crippen molar-refractivity contribution in [3.63, 3.8) is 0 Å². The second-order valence-corrected chi connectivity index (χ2v) is 4.20. The summed E-state index contributed by atoms with van der Waals surface area (Å²) in [6.45, 7) is 0. The number of pyridine rings is 1. The molecule has 0 radical (unpaired) electrons. The lowest BCUT2D eigenvalue weighted by Gasteiger charge is -1.97. The zero-order chi connectivity index (χ0) is 11.1. The van der Waals surface area contributed by atoms with Gasteiger partial charge in [-0.1, -0.05) is 15.9 Å². The molecule has 80 valence electrons. The molecule has 0 spiro atoms. The summed E-state index contributed by atoms with van der Waals surface area (Å²) in [6, 6.07) is 7.21. The molecule has 0 bridgehead atoms. The van der Waals surface area contributed by atoms with Crippen LogP contribution < -0.4 is 5.73 Å². The number of fused-ring (bicyclic) bond motifs is 1. The predicted molar refractivity (Wildman–Crippen MR) is 62.8 cm³/mol. The Hall–Kier alpha value is -1.82. The molecule has 3 rings (SSSR count). The Labute approximate surface area is 99.0 Å². The van der Waals surface area contributed by atoms with Crippen LogP contribution in [0.5, 0.6) is 0 Å². The average Bonchev–Trinajstić information content (AvgIpc) is 2.82. The third kappa shape index (κ3) is 1.38. The second-order valence-electron chi connectivity index (χ2n) is 3.28. The highest BCUT2D eigenvalue weighted by molar-refractivity contribution is 9.10. The molecule has 3 heterocycles. The van der Waals surface area contributed by atoms with E-state index in [0.717, 1.165) is 4.47 Å². The van der Waals surface area contributed by atoms with Gasteiger partial charge in [-0.25, -0.2) is 4.98 Å². The average molecular weight is 279 g/mol. The standard InChI is InChI=1S/C10H7BrN4O/c11-6-4-8(12)15-9(5-6)13-10(14-15)7-2-1-3-16-7/h1-5H,12H2. The van der Waals surface area contributed by atoms with Crippen LogP contribution in [0.2, 0.25) is 0 Å². The van der Waals surface area contributed by atoms with Crippen LogP contribution in [-0.2, 0) is 0 Å². The Bertz CT molecular complexity index is 644. The van der Waals surface area contributed by atoms with Gasteiger partial charge in [-0.05, 0) is 24.3 Å². The number of nitrogens with two attached hydrogens (primary N) is 1. The quantitative estimate of drug-likeness (QED) is 0.742. The number of hydrogen-bond acceptors (Lipinski definition) is 4. The van der Waals surface area contributed by atoms with E-state index in [0.29, 0.717) is 23.0 Å². The SMILES string of the molecule is Nc1cc(Br)cc2nc(-c3ccco3)nn12. The van der Waals surface area contributed by atoms with Crippen molar-refractivity contribution in [1.29, 1.82) is 0 Å². The number of halogens is 1.